The van der Waals surface area contributed by atoms with E-state index in [9.17, 15) is 12.8 Å². The van der Waals surface area contributed by atoms with E-state index in [0.717, 1.165) is 15.5 Å². The van der Waals surface area contributed by atoms with Crippen molar-refractivity contribution in [3.05, 3.63) is 71.4 Å². The molecule has 0 spiro atoms. The molecule has 1 heterocycles. The van der Waals surface area contributed by atoms with Gasteiger partial charge in [0.1, 0.15) is 5.82 Å². The van der Waals surface area contributed by atoms with E-state index in [2.05, 4.69) is 10.5 Å². The zero-order valence-corrected chi connectivity index (χ0v) is 15.9. The van der Waals surface area contributed by atoms with Gasteiger partial charge < -0.3 is 0 Å². The molecule has 0 bridgehead atoms. The maximum Gasteiger partial charge on any atom is 0.175 e. The van der Waals surface area contributed by atoms with Crippen molar-refractivity contribution in [3.63, 3.8) is 0 Å². The van der Waals surface area contributed by atoms with Crippen LogP contribution in [0.3, 0.4) is 0 Å². The lowest BCUT2D eigenvalue weighted by atomic mass is 10.2. The topological polar surface area (TPSA) is 58.5 Å². The van der Waals surface area contributed by atoms with Crippen molar-refractivity contribution in [2.24, 2.45) is 5.10 Å². The quantitative estimate of drug-likeness (QED) is 0.505. The third-order valence-electron chi connectivity index (χ3n) is 3.74. The second-order valence-electron chi connectivity index (χ2n) is 5.75. The Kier molecular flexibility index (Phi) is 5.20. The summed E-state index contributed by atoms with van der Waals surface area (Å²) in [4.78, 5) is 2.02. The van der Waals surface area contributed by atoms with Gasteiger partial charge in [-0.25, -0.2) is 12.8 Å². The van der Waals surface area contributed by atoms with Crippen LogP contribution in [0.2, 0.25) is 0 Å². The number of hydrogen-bond donors (Lipinski definition) is 1. The standard InChI is InChI=1S/C19H17FN2O2S2/c1-13(21-22-14-7-9-15(10-8-14)26(2,23)24)18-11-12-19(25-18)16-5-3-4-6-17(16)20/h3-12,22H,1-2H3/b21-13+. The molecule has 1 aromatic heterocycles. The molecule has 2 aromatic carbocycles. The van der Waals surface area contributed by atoms with E-state index < -0.39 is 9.84 Å². The van der Waals surface area contributed by atoms with Crippen LogP contribution < -0.4 is 5.43 Å². The van der Waals surface area contributed by atoms with Gasteiger partial charge in [0.15, 0.2) is 9.84 Å². The van der Waals surface area contributed by atoms with Crippen LogP contribution in [-0.4, -0.2) is 20.4 Å². The smallest absolute Gasteiger partial charge is 0.175 e. The number of rotatable bonds is 5. The molecular weight excluding hydrogens is 371 g/mol. The predicted octanol–water partition coefficient (Wildman–Crippen LogP) is 4.79. The molecular formula is C19H17FN2O2S2. The second kappa shape index (κ2) is 7.39. The highest BCUT2D eigenvalue weighted by Gasteiger charge is 2.09. The monoisotopic (exact) mass is 388 g/mol. The zero-order chi connectivity index (χ0) is 18.7. The van der Waals surface area contributed by atoms with E-state index in [0.29, 0.717) is 11.3 Å². The number of hydrazone groups is 1. The van der Waals surface area contributed by atoms with Gasteiger partial charge in [0.2, 0.25) is 0 Å². The van der Waals surface area contributed by atoms with Crippen LogP contribution in [0.1, 0.15) is 11.8 Å². The maximum absolute atomic E-state index is 13.9. The van der Waals surface area contributed by atoms with Crippen LogP contribution in [0, 0.1) is 5.82 Å². The van der Waals surface area contributed by atoms with Gasteiger partial charge in [0, 0.05) is 16.7 Å². The van der Waals surface area contributed by atoms with Crippen molar-refractivity contribution >= 4 is 32.6 Å². The van der Waals surface area contributed by atoms with E-state index in [1.54, 1.807) is 30.3 Å². The van der Waals surface area contributed by atoms with Gasteiger partial charge in [0.25, 0.3) is 0 Å². The average molecular weight is 388 g/mol. The van der Waals surface area contributed by atoms with E-state index in [1.165, 1.54) is 35.8 Å². The van der Waals surface area contributed by atoms with E-state index in [1.807, 2.05) is 19.1 Å². The fourth-order valence-electron chi connectivity index (χ4n) is 2.32. The van der Waals surface area contributed by atoms with E-state index >= 15 is 0 Å². The summed E-state index contributed by atoms with van der Waals surface area (Å²) in [5.74, 6) is -0.250. The van der Waals surface area contributed by atoms with Crippen LogP contribution in [0.15, 0.2) is 70.7 Å². The molecule has 0 saturated carbocycles. The molecule has 4 nitrogen and oxygen atoms in total. The molecule has 26 heavy (non-hydrogen) atoms. The lowest BCUT2D eigenvalue weighted by molar-refractivity contribution is 0.602. The molecule has 0 fully saturated rings. The van der Waals surface area contributed by atoms with Gasteiger partial charge in [-0.2, -0.15) is 5.10 Å². The average Bonchev–Trinajstić information content (AvgIpc) is 3.09. The van der Waals surface area contributed by atoms with Crippen molar-refractivity contribution < 1.29 is 12.8 Å². The maximum atomic E-state index is 13.9. The lowest BCUT2D eigenvalue weighted by Gasteiger charge is -2.03. The summed E-state index contributed by atoms with van der Waals surface area (Å²) in [6, 6.07) is 16.8. The Hall–Kier alpha value is -2.51. The Morgan fingerprint density at radius 1 is 1.04 bits per heavy atom. The highest BCUT2D eigenvalue weighted by Crippen LogP contribution is 2.30. The second-order valence-corrected chi connectivity index (χ2v) is 8.85. The normalized spacial score (nSPS) is 12.2. The minimum Gasteiger partial charge on any atom is -0.278 e. The van der Waals surface area contributed by atoms with Gasteiger partial charge in [-0.3, -0.25) is 5.43 Å². The molecule has 0 atom stereocenters. The minimum absolute atomic E-state index is 0.250. The largest absolute Gasteiger partial charge is 0.278 e. The molecule has 0 radical (unpaired) electrons. The summed E-state index contributed by atoms with van der Waals surface area (Å²) in [6.07, 6.45) is 1.17. The van der Waals surface area contributed by atoms with Crippen LogP contribution in [0.25, 0.3) is 10.4 Å². The first-order valence-electron chi connectivity index (χ1n) is 7.80. The number of hydrogen-bond acceptors (Lipinski definition) is 5. The number of nitrogens with one attached hydrogen (secondary N) is 1. The molecule has 0 aliphatic rings. The summed E-state index contributed by atoms with van der Waals surface area (Å²) in [5, 5.41) is 4.32. The molecule has 134 valence electrons. The Labute approximate surface area is 155 Å². The predicted molar refractivity (Wildman–Crippen MR) is 105 cm³/mol. The number of nitrogens with zero attached hydrogens (tertiary/aromatic N) is 1. The first-order valence-corrected chi connectivity index (χ1v) is 10.5. The van der Waals surface area contributed by atoms with Gasteiger partial charge in [-0.05, 0) is 49.4 Å². The number of sulfone groups is 1. The van der Waals surface area contributed by atoms with E-state index in [4.69, 9.17) is 0 Å². The van der Waals surface area contributed by atoms with Crippen LogP contribution in [0.5, 0.6) is 0 Å². The van der Waals surface area contributed by atoms with Gasteiger partial charge in [0.05, 0.1) is 21.2 Å². The summed E-state index contributed by atoms with van der Waals surface area (Å²) in [7, 11) is -3.21. The molecule has 0 aliphatic heterocycles. The minimum atomic E-state index is -3.21. The molecule has 1 N–H and O–H groups in total. The van der Waals surface area contributed by atoms with Crippen molar-refractivity contribution in [1.82, 2.24) is 0 Å². The van der Waals surface area contributed by atoms with Crippen molar-refractivity contribution in [2.75, 3.05) is 11.7 Å². The van der Waals surface area contributed by atoms with Gasteiger partial charge in [-0.1, -0.05) is 18.2 Å². The molecule has 3 rings (SSSR count). The molecule has 7 heteroatoms. The fourth-order valence-corrected chi connectivity index (χ4v) is 3.93. The molecule has 0 unspecified atom stereocenters. The fraction of sp³-hybridized carbons (Fsp3) is 0.105. The Morgan fingerprint density at radius 3 is 2.38 bits per heavy atom. The summed E-state index contributed by atoms with van der Waals surface area (Å²) in [5.41, 5.74) is 4.92. The number of benzene rings is 2. The number of anilines is 1. The van der Waals surface area contributed by atoms with Crippen molar-refractivity contribution in [1.29, 1.82) is 0 Å². The van der Waals surface area contributed by atoms with Gasteiger partial charge in [-0.15, -0.1) is 11.3 Å². The first kappa shape index (κ1) is 18.3. The zero-order valence-electron chi connectivity index (χ0n) is 14.2. The molecule has 0 aliphatic carbocycles. The van der Waals surface area contributed by atoms with Crippen LogP contribution in [-0.2, 0) is 9.84 Å². The number of thiophene rings is 1. The molecule has 0 amide bonds. The third-order valence-corrected chi connectivity index (χ3v) is 6.09. The lowest BCUT2D eigenvalue weighted by Crippen LogP contribution is -1.99. The van der Waals surface area contributed by atoms with Crippen molar-refractivity contribution in [2.45, 2.75) is 11.8 Å². The Balaban J connectivity index is 1.75. The molecule has 3 aromatic rings. The highest BCUT2D eigenvalue weighted by atomic mass is 32.2. The SMILES string of the molecule is C/C(=N\Nc1ccc(S(C)(=O)=O)cc1)c1ccc(-c2ccccc2F)s1. The van der Waals surface area contributed by atoms with Crippen LogP contribution >= 0.6 is 11.3 Å². The van der Waals surface area contributed by atoms with Gasteiger partial charge >= 0.3 is 0 Å². The summed E-state index contributed by atoms with van der Waals surface area (Å²) in [6.45, 7) is 1.86. The third kappa shape index (κ3) is 4.17. The first-order chi connectivity index (χ1) is 12.3. The Bertz CT molecular complexity index is 1060. The number of halogens is 1. The van der Waals surface area contributed by atoms with E-state index in [-0.39, 0.29) is 10.7 Å². The van der Waals surface area contributed by atoms with Crippen LogP contribution in [0.4, 0.5) is 10.1 Å². The summed E-state index contributed by atoms with van der Waals surface area (Å²) < 4.78 is 36.8. The van der Waals surface area contributed by atoms with Crippen molar-refractivity contribution in [3.8, 4) is 10.4 Å². The molecule has 0 saturated heterocycles. The highest BCUT2D eigenvalue weighted by molar-refractivity contribution is 7.90. The Morgan fingerprint density at radius 2 is 1.73 bits per heavy atom. The summed E-state index contributed by atoms with van der Waals surface area (Å²) >= 11 is 1.46.